The fraction of sp³-hybridized carbons (Fsp3) is 0.167. The van der Waals surface area contributed by atoms with Crippen LogP contribution in [0.1, 0.15) is 14.7 Å². The molecule has 5 rings (SSSR count). The molecule has 4 aliphatic rings. The van der Waals surface area contributed by atoms with E-state index in [1.165, 1.54) is 0 Å². The van der Waals surface area contributed by atoms with Crippen molar-refractivity contribution < 1.29 is 6.48 Å². The third kappa shape index (κ3) is 3.30. The van der Waals surface area contributed by atoms with Crippen LogP contribution in [0.2, 0.25) is 0 Å². The van der Waals surface area contributed by atoms with Crippen LogP contribution in [0, 0.1) is 0 Å². The smallest absolute Gasteiger partial charge is 0.0800 e. The first-order valence-corrected chi connectivity index (χ1v) is 9.58. The van der Waals surface area contributed by atoms with E-state index in [-0.39, 0.29) is 0 Å². The number of aromatic nitrogens is 1. The summed E-state index contributed by atoms with van der Waals surface area (Å²) in [5.74, 6) is 0. The quantitative estimate of drug-likeness (QED) is 0.683. The number of fused-ring (bicyclic) bond motifs is 6. The number of hydrogen-bond acceptors (Lipinski definition) is 4. The summed E-state index contributed by atoms with van der Waals surface area (Å²) in [4.78, 5) is 12.7. The molecule has 1 aromatic rings. The Bertz CT molecular complexity index is 1280. The lowest BCUT2D eigenvalue weighted by Crippen LogP contribution is -2.36. The molecule has 29 heavy (non-hydrogen) atoms. The Morgan fingerprint density at radius 3 is 2.41 bits per heavy atom. The number of aromatic amines is 1. The largest absolute Gasteiger partial charge is 0.389 e. The number of nitrogens with one attached hydrogen (secondary N) is 2. The number of rotatable bonds is 2. The van der Waals surface area contributed by atoms with Crippen molar-refractivity contribution in [2.75, 3.05) is 0 Å². The summed E-state index contributed by atoms with van der Waals surface area (Å²) < 4.78 is 8.89. The van der Waals surface area contributed by atoms with Crippen LogP contribution in [0.15, 0.2) is 93.9 Å². The van der Waals surface area contributed by atoms with Gasteiger partial charge in [0.05, 0.1) is 34.5 Å². The highest BCUT2D eigenvalue weighted by Gasteiger charge is 2.35. The molecule has 144 valence electrons. The van der Waals surface area contributed by atoms with E-state index in [1.807, 2.05) is 60.7 Å². The first kappa shape index (κ1) is 16.5. The van der Waals surface area contributed by atoms with Crippen molar-refractivity contribution in [2.24, 2.45) is 9.98 Å². The molecule has 0 aliphatic carbocycles. The maximum Gasteiger partial charge on any atom is 0.0800 e. The lowest BCUT2D eigenvalue weighted by Gasteiger charge is -2.24. The van der Waals surface area contributed by atoms with Gasteiger partial charge in [-0.3, -0.25) is 0 Å². The van der Waals surface area contributed by atoms with Gasteiger partial charge in [0.25, 0.3) is 0 Å². The number of aliphatic hydroxyl groups excluding tert-OH is 1. The molecule has 3 atom stereocenters. The predicted molar refractivity (Wildman–Crippen MR) is 118 cm³/mol. The SMILES string of the molecule is [2H]C1C(C(C)O)=C2C=C3C=CC(=N3)C=c3ccc([nH]3)=CC3=NC(=CC1(C=C)N2)C=C3. The lowest BCUT2D eigenvalue weighted by atomic mass is 9.91. The molecule has 1 aromatic heterocycles. The summed E-state index contributed by atoms with van der Waals surface area (Å²) in [6.07, 6.45) is 15.7. The van der Waals surface area contributed by atoms with Crippen molar-refractivity contribution in [3.8, 4) is 0 Å². The zero-order valence-electron chi connectivity index (χ0n) is 17.1. The van der Waals surface area contributed by atoms with Crippen LogP contribution in [-0.4, -0.2) is 33.2 Å². The van der Waals surface area contributed by atoms with Crippen LogP contribution in [0.3, 0.4) is 0 Å². The molecule has 3 N–H and O–H groups in total. The van der Waals surface area contributed by atoms with Gasteiger partial charge in [-0.15, -0.1) is 6.58 Å². The molecule has 5 heterocycles. The van der Waals surface area contributed by atoms with Gasteiger partial charge in [0, 0.05) is 24.2 Å². The molecule has 0 aromatic carbocycles. The summed E-state index contributed by atoms with van der Waals surface area (Å²) in [6, 6.07) is 4.01. The summed E-state index contributed by atoms with van der Waals surface area (Å²) in [5, 5.41) is 15.7. The van der Waals surface area contributed by atoms with E-state index < -0.39 is 18.0 Å². The molecule has 0 saturated carbocycles. The van der Waals surface area contributed by atoms with Gasteiger partial charge in [-0.05, 0) is 73.2 Å². The number of aliphatic hydroxyl groups is 1. The van der Waals surface area contributed by atoms with Crippen LogP contribution in [0.4, 0.5) is 0 Å². The minimum absolute atomic E-state index is 0.607. The molecule has 8 bridgehead atoms. The molecule has 3 unspecified atom stereocenters. The first-order chi connectivity index (χ1) is 14.5. The van der Waals surface area contributed by atoms with Crippen LogP contribution < -0.4 is 16.0 Å². The second-order valence-electron chi connectivity index (χ2n) is 7.49. The number of hydrogen-bond donors (Lipinski definition) is 3. The van der Waals surface area contributed by atoms with Gasteiger partial charge in [0.1, 0.15) is 0 Å². The van der Waals surface area contributed by atoms with Crippen LogP contribution in [0.5, 0.6) is 0 Å². The maximum atomic E-state index is 10.4. The Labute approximate surface area is 170 Å². The van der Waals surface area contributed by atoms with Crippen LogP contribution >= 0.6 is 0 Å². The fourth-order valence-corrected chi connectivity index (χ4v) is 3.81. The zero-order chi connectivity index (χ0) is 20.9. The van der Waals surface area contributed by atoms with Gasteiger partial charge >= 0.3 is 0 Å². The van der Waals surface area contributed by atoms with Crippen molar-refractivity contribution in [3.63, 3.8) is 0 Å². The van der Waals surface area contributed by atoms with Crippen molar-refractivity contribution >= 4 is 23.6 Å². The molecule has 0 amide bonds. The minimum atomic E-state index is -0.880. The normalized spacial score (nSPS) is 28.5. The van der Waals surface area contributed by atoms with Crippen molar-refractivity contribution in [3.05, 3.63) is 94.6 Å². The van der Waals surface area contributed by atoms with E-state index in [0.29, 0.717) is 11.3 Å². The Morgan fingerprint density at radius 1 is 1.10 bits per heavy atom. The summed E-state index contributed by atoms with van der Waals surface area (Å²) in [5.41, 5.74) is 3.58. The van der Waals surface area contributed by atoms with Crippen LogP contribution in [-0.2, 0) is 0 Å². The molecule has 0 fully saturated rings. The van der Waals surface area contributed by atoms with E-state index in [4.69, 9.17) is 1.37 Å². The van der Waals surface area contributed by atoms with Gasteiger partial charge in [0.15, 0.2) is 0 Å². The van der Waals surface area contributed by atoms with Gasteiger partial charge in [-0.1, -0.05) is 6.08 Å². The molecule has 4 aliphatic heterocycles. The molecule has 0 saturated heterocycles. The average Bonchev–Trinajstić information content (AvgIpc) is 3.46. The molecule has 0 spiro atoms. The molecule has 5 nitrogen and oxygen atoms in total. The number of nitrogens with zero attached hydrogens (tertiary/aromatic N) is 2. The zero-order valence-corrected chi connectivity index (χ0v) is 16.1. The topological polar surface area (TPSA) is 72.8 Å². The average molecular weight is 383 g/mol. The predicted octanol–water partition coefficient (Wildman–Crippen LogP) is 1.93. The lowest BCUT2D eigenvalue weighted by molar-refractivity contribution is 0.226. The Hall–Kier alpha value is -3.44. The van der Waals surface area contributed by atoms with Gasteiger partial charge in [-0.2, -0.15) is 0 Å². The summed E-state index contributed by atoms with van der Waals surface area (Å²) in [6.45, 7) is 5.66. The monoisotopic (exact) mass is 383 g/mol. The first-order valence-electron chi connectivity index (χ1n) is 10.2. The van der Waals surface area contributed by atoms with Gasteiger partial charge < -0.3 is 15.4 Å². The standard InChI is InChI=1S/C24H22N4O/c1-3-24-13-21-9-8-19(27-21)11-17-5-4-16(25-17)10-18-6-7-20(26-18)12-23(28-24)22(14-24)15(2)29/h3-13,15,25,28-29H,1,14H2,2H3/i14D. The van der Waals surface area contributed by atoms with E-state index in [0.717, 1.165) is 33.5 Å². The fourth-order valence-electron chi connectivity index (χ4n) is 3.81. The number of aliphatic imine (C=N–C) groups is 2. The maximum absolute atomic E-state index is 10.4. The van der Waals surface area contributed by atoms with E-state index in [9.17, 15) is 5.11 Å². The molecular weight excluding hydrogens is 360 g/mol. The third-order valence-corrected chi connectivity index (χ3v) is 5.23. The second kappa shape index (κ2) is 6.57. The minimum Gasteiger partial charge on any atom is -0.389 e. The Balaban J connectivity index is 1.74. The highest BCUT2D eigenvalue weighted by atomic mass is 16.3. The van der Waals surface area contributed by atoms with E-state index in [2.05, 4.69) is 26.9 Å². The van der Waals surface area contributed by atoms with Crippen molar-refractivity contribution in [2.45, 2.75) is 25.0 Å². The molecule has 0 radical (unpaired) electrons. The Morgan fingerprint density at radius 2 is 1.76 bits per heavy atom. The van der Waals surface area contributed by atoms with Crippen LogP contribution in [0.25, 0.3) is 12.2 Å². The highest BCUT2D eigenvalue weighted by Crippen LogP contribution is 2.35. The van der Waals surface area contributed by atoms with E-state index >= 15 is 0 Å². The summed E-state index contributed by atoms with van der Waals surface area (Å²) in [7, 11) is 0. The summed E-state index contributed by atoms with van der Waals surface area (Å²) >= 11 is 0. The highest BCUT2D eigenvalue weighted by molar-refractivity contribution is 6.20. The second-order valence-corrected chi connectivity index (χ2v) is 7.49. The number of H-pyrrole nitrogens is 1. The third-order valence-electron chi connectivity index (χ3n) is 5.23. The van der Waals surface area contributed by atoms with Crippen molar-refractivity contribution in [1.29, 1.82) is 0 Å². The Kier molecular flexibility index (Phi) is 3.74. The van der Waals surface area contributed by atoms with Crippen molar-refractivity contribution in [1.82, 2.24) is 10.3 Å². The molecular formula is C24H22N4O. The number of allylic oxidation sites excluding steroid dienone is 5. The van der Waals surface area contributed by atoms with Gasteiger partial charge in [0.2, 0.25) is 0 Å². The molecule has 5 heteroatoms. The van der Waals surface area contributed by atoms with Gasteiger partial charge in [-0.25, -0.2) is 9.98 Å². The van der Waals surface area contributed by atoms with E-state index in [1.54, 1.807) is 13.0 Å².